The number of carbonyl (C=O) groups excluding carboxylic acids is 1. The summed E-state index contributed by atoms with van der Waals surface area (Å²) in [6.45, 7) is 7.28. The number of carbonyl (C=O) groups is 1. The van der Waals surface area contributed by atoms with Gasteiger partial charge < -0.3 is 16.0 Å². The van der Waals surface area contributed by atoms with Crippen molar-refractivity contribution >= 4 is 11.6 Å². The molecule has 4 nitrogen and oxygen atoms in total. The Morgan fingerprint density at radius 3 is 2.44 bits per heavy atom. The zero-order chi connectivity index (χ0) is 17.8. The number of nitrogens with zero attached hydrogens (tertiary/aromatic N) is 1. The standard InChI is InChI=1S/C21H27N3O/c1-3-24(4-2)13-12-19-17-10-5-6-11-18(17)20(23-21(19)25)15-8-7-9-16(22)14-15/h5-11,14,19-20H,3-4,12-13,22H2,1-2H3,(H,23,25). The molecule has 0 radical (unpaired) electrons. The normalized spacial score (nSPS) is 19.6. The third-order valence-corrected chi connectivity index (χ3v) is 5.16. The van der Waals surface area contributed by atoms with Crippen molar-refractivity contribution in [3.8, 4) is 0 Å². The maximum Gasteiger partial charge on any atom is 0.228 e. The summed E-state index contributed by atoms with van der Waals surface area (Å²) in [5, 5.41) is 3.21. The van der Waals surface area contributed by atoms with Gasteiger partial charge in [-0.2, -0.15) is 0 Å². The Morgan fingerprint density at radius 2 is 1.76 bits per heavy atom. The fraction of sp³-hybridized carbons (Fsp3) is 0.381. The fourth-order valence-electron chi connectivity index (χ4n) is 3.69. The summed E-state index contributed by atoms with van der Waals surface area (Å²) in [6, 6.07) is 15.9. The van der Waals surface area contributed by atoms with Crippen LogP contribution in [-0.2, 0) is 4.79 Å². The van der Waals surface area contributed by atoms with E-state index in [0.29, 0.717) is 5.69 Å². The number of anilines is 1. The fourth-order valence-corrected chi connectivity index (χ4v) is 3.69. The lowest BCUT2D eigenvalue weighted by molar-refractivity contribution is -0.124. The average molecular weight is 337 g/mol. The highest BCUT2D eigenvalue weighted by molar-refractivity contribution is 5.87. The molecule has 0 fully saturated rings. The minimum Gasteiger partial charge on any atom is -0.399 e. The van der Waals surface area contributed by atoms with Crippen LogP contribution in [0.15, 0.2) is 48.5 Å². The van der Waals surface area contributed by atoms with Gasteiger partial charge in [0.15, 0.2) is 0 Å². The van der Waals surface area contributed by atoms with Gasteiger partial charge in [-0.05, 0) is 54.9 Å². The molecule has 2 aromatic carbocycles. The van der Waals surface area contributed by atoms with E-state index in [1.165, 1.54) is 5.56 Å². The van der Waals surface area contributed by atoms with E-state index in [2.05, 4.69) is 36.2 Å². The first-order valence-corrected chi connectivity index (χ1v) is 9.11. The van der Waals surface area contributed by atoms with Crippen LogP contribution in [0.4, 0.5) is 5.69 Å². The third-order valence-electron chi connectivity index (χ3n) is 5.16. The smallest absolute Gasteiger partial charge is 0.228 e. The Balaban J connectivity index is 1.91. The van der Waals surface area contributed by atoms with Crippen LogP contribution in [-0.4, -0.2) is 30.4 Å². The van der Waals surface area contributed by atoms with Gasteiger partial charge in [0.1, 0.15) is 0 Å². The van der Waals surface area contributed by atoms with Gasteiger partial charge in [0.2, 0.25) is 5.91 Å². The lowest BCUT2D eigenvalue weighted by Gasteiger charge is -2.33. The highest BCUT2D eigenvalue weighted by Gasteiger charge is 2.33. The number of hydrogen-bond acceptors (Lipinski definition) is 3. The first-order valence-electron chi connectivity index (χ1n) is 9.11. The van der Waals surface area contributed by atoms with E-state index >= 15 is 0 Å². The van der Waals surface area contributed by atoms with E-state index in [-0.39, 0.29) is 17.9 Å². The van der Waals surface area contributed by atoms with Gasteiger partial charge in [-0.25, -0.2) is 0 Å². The molecule has 1 aliphatic heterocycles. The number of nitrogens with one attached hydrogen (secondary N) is 1. The van der Waals surface area contributed by atoms with Crippen molar-refractivity contribution in [1.82, 2.24) is 10.2 Å². The molecule has 0 aliphatic carbocycles. The van der Waals surface area contributed by atoms with Gasteiger partial charge in [-0.3, -0.25) is 4.79 Å². The average Bonchev–Trinajstić information content (AvgIpc) is 2.63. The molecule has 3 N–H and O–H groups in total. The Morgan fingerprint density at radius 1 is 1.04 bits per heavy atom. The molecule has 0 bridgehead atoms. The first kappa shape index (κ1) is 17.5. The second-order valence-corrected chi connectivity index (χ2v) is 6.61. The third kappa shape index (κ3) is 3.69. The number of amides is 1. The van der Waals surface area contributed by atoms with Gasteiger partial charge in [0, 0.05) is 5.69 Å². The number of nitrogens with two attached hydrogens (primary N) is 1. The van der Waals surface area contributed by atoms with Crippen molar-refractivity contribution < 1.29 is 4.79 Å². The van der Waals surface area contributed by atoms with Crippen molar-refractivity contribution in [2.45, 2.75) is 32.2 Å². The lowest BCUT2D eigenvalue weighted by Crippen LogP contribution is -2.40. The van der Waals surface area contributed by atoms with Crippen LogP contribution in [0.5, 0.6) is 0 Å². The van der Waals surface area contributed by atoms with Gasteiger partial charge in [-0.15, -0.1) is 0 Å². The molecule has 132 valence electrons. The Kier molecular flexibility index (Phi) is 5.39. The number of fused-ring (bicyclic) bond motifs is 1. The topological polar surface area (TPSA) is 58.4 Å². The summed E-state index contributed by atoms with van der Waals surface area (Å²) >= 11 is 0. The molecule has 0 saturated heterocycles. The Bertz CT molecular complexity index is 739. The van der Waals surface area contributed by atoms with Crippen LogP contribution in [0.1, 0.15) is 48.9 Å². The van der Waals surface area contributed by atoms with Crippen LogP contribution < -0.4 is 11.1 Å². The maximum absolute atomic E-state index is 12.9. The Labute approximate surface area is 150 Å². The molecule has 25 heavy (non-hydrogen) atoms. The molecule has 0 spiro atoms. The van der Waals surface area contributed by atoms with Gasteiger partial charge in [-0.1, -0.05) is 50.2 Å². The van der Waals surface area contributed by atoms with E-state index in [9.17, 15) is 4.79 Å². The van der Waals surface area contributed by atoms with Crippen molar-refractivity contribution in [3.63, 3.8) is 0 Å². The highest BCUT2D eigenvalue weighted by atomic mass is 16.2. The summed E-state index contributed by atoms with van der Waals surface area (Å²) in [5.74, 6) is 0.0207. The van der Waals surface area contributed by atoms with Crippen LogP contribution in [0, 0.1) is 0 Å². The molecule has 0 aromatic heterocycles. The highest BCUT2D eigenvalue weighted by Crippen LogP contribution is 2.36. The zero-order valence-corrected chi connectivity index (χ0v) is 15.0. The van der Waals surface area contributed by atoms with Crippen molar-refractivity contribution in [3.05, 3.63) is 65.2 Å². The molecular weight excluding hydrogens is 310 g/mol. The van der Waals surface area contributed by atoms with E-state index in [1.54, 1.807) is 0 Å². The summed E-state index contributed by atoms with van der Waals surface area (Å²) in [4.78, 5) is 15.2. The molecule has 2 unspecified atom stereocenters. The SMILES string of the molecule is CCN(CC)CCC1C(=O)NC(c2cccc(N)c2)c2ccccc21. The minimum atomic E-state index is -0.128. The second kappa shape index (κ2) is 7.70. The molecule has 1 heterocycles. The van der Waals surface area contributed by atoms with E-state index in [0.717, 1.165) is 37.2 Å². The number of benzene rings is 2. The van der Waals surface area contributed by atoms with E-state index < -0.39 is 0 Å². The summed E-state index contributed by atoms with van der Waals surface area (Å²) in [6.07, 6.45) is 0.841. The van der Waals surface area contributed by atoms with Crippen LogP contribution in [0.25, 0.3) is 0 Å². The molecular formula is C21H27N3O. The van der Waals surface area contributed by atoms with Crippen molar-refractivity contribution in [2.24, 2.45) is 0 Å². The largest absolute Gasteiger partial charge is 0.399 e. The number of hydrogen-bond donors (Lipinski definition) is 2. The van der Waals surface area contributed by atoms with Crippen LogP contribution in [0.3, 0.4) is 0 Å². The molecule has 1 amide bonds. The monoisotopic (exact) mass is 337 g/mol. The van der Waals surface area contributed by atoms with Gasteiger partial charge >= 0.3 is 0 Å². The van der Waals surface area contributed by atoms with Crippen molar-refractivity contribution in [2.75, 3.05) is 25.4 Å². The number of nitrogen functional groups attached to an aromatic ring is 1. The molecule has 2 aromatic rings. The van der Waals surface area contributed by atoms with E-state index in [1.807, 2.05) is 36.4 Å². The molecule has 3 rings (SSSR count). The van der Waals surface area contributed by atoms with Gasteiger partial charge in [0.25, 0.3) is 0 Å². The van der Waals surface area contributed by atoms with Gasteiger partial charge in [0.05, 0.1) is 12.0 Å². The predicted molar refractivity (Wildman–Crippen MR) is 102 cm³/mol. The Hall–Kier alpha value is -2.33. The minimum absolute atomic E-state index is 0.0888. The molecule has 0 saturated carbocycles. The van der Waals surface area contributed by atoms with Crippen molar-refractivity contribution in [1.29, 1.82) is 0 Å². The molecule has 2 atom stereocenters. The summed E-state index contributed by atoms with van der Waals surface area (Å²) < 4.78 is 0. The summed E-state index contributed by atoms with van der Waals surface area (Å²) in [5.41, 5.74) is 10.0. The number of rotatable bonds is 6. The quantitative estimate of drug-likeness (QED) is 0.795. The maximum atomic E-state index is 12.9. The zero-order valence-electron chi connectivity index (χ0n) is 15.0. The van der Waals surface area contributed by atoms with Crippen LogP contribution >= 0.6 is 0 Å². The van der Waals surface area contributed by atoms with E-state index in [4.69, 9.17) is 5.73 Å². The lowest BCUT2D eigenvalue weighted by atomic mass is 9.82. The molecule has 1 aliphatic rings. The van der Waals surface area contributed by atoms with Crippen LogP contribution in [0.2, 0.25) is 0 Å². The second-order valence-electron chi connectivity index (χ2n) is 6.61. The predicted octanol–water partition coefficient (Wildman–Crippen LogP) is 3.30. The molecule has 4 heteroatoms. The summed E-state index contributed by atoms with van der Waals surface area (Å²) in [7, 11) is 0. The first-order chi connectivity index (χ1) is 12.1.